The molecule has 0 spiro atoms. The smallest absolute Gasteiger partial charge is 0.237 e. The van der Waals surface area contributed by atoms with E-state index >= 15 is 0 Å². The summed E-state index contributed by atoms with van der Waals surface area (Å²) >= 11 is 0. The van der Waals surface area contributed by atoms with Gasteiger partial charge in [0.15, 0.2) is 0 Å². The monoisotopic (exact) mass is 212 g/mol. The minimum atomic E-state index is -0.353. The molecule has 15 heavy (non-hydrogen) atoms. The fourth-order valence-corrected chi connectivity index (χ4v) is 2.02. The van der Waals surface area contributed by atoms with Gasteiger partial charge in [0.25, 0.3) is 0 Å². The van der Waals surface area contributed by atoms with Crippen LogP contribution in [0.1, 0.15) is 52.4 Å². The van der Waals surface area contributed by atoms with Crippen molar-refractivity contribution in [2.24, 2.45) is 11.7 Å². The van der Waals surface area contributed by atoms with E-state index in [9.17, 15) is 4.79 Å². The van der Waals surface area contributed by atoms with Crippen molar-refractivity contribution in [2.45, 2.75) is 64.5 Å². The van der Waals surface area contributed by atoms with Crippen LogP contribution in [0, 0.1) is 5.92 Å². The van der Waals surface area contributed by atoms with Crippen LogP contribution in [0.15, 0.2) is 0 Å². The molecule has 1 aliphatic carbocycles. The van der Waals surface area contributed by atoms with Gasteiger partial charge in [-0.05, 0) is 18.8 Å². The van der Waals surface area contributed by atoms with E-state index in [1.165, 1.54) is 25.7 Å². The first-order valence-corrected chi connectivity index (χ1v) is 6.17. The summed E-state index contributed by atoms with van der Waals surface area (Å²) < 4.78 is 0. The van der Waals surface area contributed by atoms with Gasteiger partial charge in [-0.2, -0.15) is 0 Å². The highest BCUT2D eigenvalue weighted by Crippen LogP contribution is 2.17. The fraction of sp³-hybridized carbons (Fsp3) is 0.917. The van der Waals surface area contributed by atoms with Crippen LogP contribution in [0.3, 0.4) is 0 Å². The predicted molar refractivity (Wildman–Crippen MR) is 62.4 cm³/mol. The lowest BCUT2D eigenvalue weighted by molar-refractivity contribution is -0.124. The van der Waals surface area contributed by atoms with E-state index in [1.807, 2.05) is 13.8 Å². The Balaban J connectivity index is 2.35. The summed E-state index contributed by atoms with van der Waals surface area (Å²) in [5.74, 6) is 0.243. The molecule has 0 heterocycles. The van der Waals surface area contributed by atoms with E-state index < -0.39 is 0 Å². The Morgan fingerprint density at radius 2 is 1.73 bits per heavy atom. The van der Waals surface area contributed by atoms with E-state index in [0.29, 0.717) is 6.04 Å². The molecule has 1 rings (SSSR count). The lowest BCUT2D eigenvalue weighted by atomic mass is 10.0. The Morgan fingerprint density at radius 3 is 2.20 bits per heavy atom. The second-order valence-electron chi connectivity index (χ2n) is 4.97. The van der Waals surface area contributed by atoms with Crippen molar-refractivity contribution in [1.82, 2.24) is 5.32 Å². The van der Waals surface area contributed by atoms with Gasteiger partial charge in [-0.15, -0.1) is 0 Å². The number of hydrogen-bond acceptors (Lipinski definition) is 2. The highest BCUT2D eigenvalue weighted by atomic mass is 16.2. The third-order valence-electron chi connectivity index (χ3n) is 3.22. The number of nitrogens with two attached hydrogens (primary N) is 1. The van der Waals surface area contributed by atoms with Crippen LogP contribution in [-0.4, -0.2) is 18.0 Å². The molecule has 1 saturated carbocycles. The van der Waals surface area contributed by atoms with Crippen LogP contribution in [0.25, 0.3) is 0 Å². The topological polar surface area (TPSA) is 55.1 Å². The number of nitrogens with one attached hydrogen (secondary N) is 1. The van der Waals surface area contributed by atoms with Gasteiger partial charge in [0.2, 0.25) is 5.91 Å². The molecule has 0 saturated heterocycles. The normalized spacial score (nSPS) is 21.1. The number of hydrogen-bond donors (Lipinski definition) is 2. The third-order valence-corrected chi connectivity index (χ3v) is 3.22. The molecule has 3 nitrogen and oxygen atoms in total. The Bertz CT molecular complexity index is 196. The van der Waals surface area contributed by atoms with Crippen LogP contribution >= 0.6 is 0 Å². The molecule has 0 radical (unpaired) electrons. The largest absolute Gasteiger partial charge is 0.352 e. The molecular weight excluding hydrogens is 188 g/mol. The van der Waals surface area contributed by atoms with Crippen molar-refractivity contribution in [3.05, 3.63) is 0 Å². The lowest BCUT2D eigenvalue weighted by Gasteiger charge is -2.21. The summed E-state index contributed by atoms with van der Waals surface area (Å²) in [6.07, 6.45) is 7.34. The zero-order valence-electron chi connectivity index (χ0n) is 9.96. The molecule has 88 valence electrons. The first-order chi connectivity index (χ1) is 7.11. The maximum atomic E-state index is 11.7. The van der Waals surface area contributed by atoms with Crippen molar-refractivity contribution in [3.8, 4) is 0 Å². The maximum absolute atomic E-state index is 11.7. The van der Waals surface area contributed by atoms with E-state index in [-0.39, 0.29) is 17.9 Å². The molecule has 1 amide bonds. The maximum Gasteiger partial charge on any atom is 0.237 e. The molecule has 1 atom stereocenters. The van der Waals surface area contributed by atoms with Crippen LogP contribution in [0.5, 0.6) is 0 Å². The molecule has 0 aromatic rings. The van der Waals surface area contributed by atoms with E-state index in [4.69, 9.17) is 5.73 Å². The summed E-state index contributed by atoms with van der Waals surface area (Å²) in [5, 5.41) is 3.08. The minimum Gasteiger partial charge on any atom is -0.352 e. The van der Waals surface area contributed by atoms with Gasteiger partial charge >= 0.3 is 0 Å². The average Bonchev–Trinajstić information content (AvgIpc) is 2.45. The van der Waals surface area contributed by atoms with Crippen LogP contribution < -0.4 is 11.1 Å². The summed E-state index contributed by atoms with van der Waals surface area (Å²) in [6, 6.07) is 0.0121. The van der Waals surface area contributed by atoms with Gasteiger partial charge in [0, 0.05) is 6.04 Å². The minimum absolute atomic E-state index is 0.0249. The van der Waals surface area contributed by atoms with Crippen LogP contribution in [0.4, 0.5) is 0 Å². The molecule has 3 N–H and O–H groups in total. The average molecular weight is 212 g/mol. The summed E-state index contributed by atoms with van der Waals surface area (Å²) in [7, 11) is 0. The zero-order chi connectivity index (χ0) is 11.3. The standard InChI is InChI=1S/C12H24N2O/c1-9(2)11(13)12(15)14-10-7-5-3-4-6-8-10/h9-11H,3-8,13H2,1-2H3,(H,14,15)/t11-/m1/s1. The third kappa shape index (κ3) is 4.20. The zero-order valence-corrected chi connectivity index (χ0v) is 9.96. The highest BCUT2D eigenvalue weighted by molar-refractivity contribution is 5.81. The predicted octanol–water partition coefficient (Wildman–Crippen LogP) is 1.81. The van der Waals surface area contributed by atoms with Gasteiger partial charge < -0.3 is 11.1 Å². The first-order valence-electron chi connectivity index (χ1n) is 6.17. The van der Waals surface area contributed by atoms with Crippen molar-refractivity contribution in [2.75, 3.05) is 0 Å². The van der Waals surface area contributed by atoms with E-state index in [0.717, 1.165) is 12.8 Å². The second-order valence-corrected chi connectivity index (χ2v) is 4.97. The lowest BCUT2D eigenvalue weighted by Crippen LogP contribution is -2.47. The fourth-order valence-electron chi connectivity index (χ4n) is 2.02. The molecule has 0 aromatic heterocycles. The van der Waals surface area contributed by atoms with Gasteiger partial charge in [-0.25, -0.2) is 0 Å². The number of carbonyl (C=O) groups excluding carboxylic acids is 1. The van der Waals surface area contributed by atoms with Crippen LogP contribution in [-0.2, 0) is 4.79 Å². The van der Waals surface area contributed by atoms with Gasteiger partial charge in [0.05, 0.1) is 6.04 Å². The SMILES string of the molecule is CC(C)[C@@H](N)C(=O)NC1CCCCCC1. The van der Waals surface area contributed by atoms with E-state index in [2.05, 4.69) is 5.32 Å². The number of rotatable bonds is 3. The Hall–Kier alpha value is -0.570. The van der Waals surface area contributed by atoms with Gasteiger partial charge in [-0.3, -0.25) is 4.79 Å². The molecule has 0 unspecified atom stereocenters. The van der Waals surface area contributed by atoms with Crippen molar-refractivity contribution >= 4 is 5.91 Å². The number of carbonyl (C=O) groups is 1. The van der Waals surface area contributed by atoms with Crippen molar-refractivity contribution < 1.29 is 4.79 Å². The Kier molecular flexibility index (Phi) is 5.09. The van der Waals surface area contributed by atoms with Gasteiger partial charge in [-0.1, -0.05) is 39.5 Å². The molecule has 1 fully saturated rings. The number of amides is 1. The molecule has 1 aliphatic rings. The Morgan fingerprint density at radius 1 is 1.20 bits per heavy atom. The molecule has 0 aliphatic heterocycles. The molecular formula is C12H24N2O. The van der Waals surface area contributed by atoms with Crippen molar-refractivity contribution in [3.63, 3.8) is 0 Å². The highest BCUT2D eigenvalue weighted by Gasteiger charge is 2.21. The Labute approximate surface area is 92.8 Å². The quantitative estimate of drug-likeness (QED) is 0.701. The van der Waals surface area contributed by atoms with Crippen molar-refractivity contribution in [1.29, 1.82) is 0 Å². The van der Waals surface area contributed by atoms with Crippen LogP contribution in [0.2, 0.25) is 0 Å². The first kappa shape index (κ1) is 12.5. The molecule has 0 bridgehead atoms. The summed E-state index contributed by atoms with van der Waals surface area (Å²) in [5.41, 5.74) is 5.80. The summed E-state index contributed by atoms with van der Waals surface area (Å²) in [6.45, 7) is 3.97. The molecule has 0 aromatic carbocycles. The second kappa shape index (κ2) is 6.11. The van der Waals surface area contributed by atoms with E-state index in [1.54, 1.807) is 0 Å². The summed E-state index contributed by atoms with van der Waals surface area (Å²) in [4.78, 5) is 11.7. The molecule has 3 heteroatoms. The van der Waals surface area contributed by atoms with Gasteiger partial charge in [0.1, 0.15) is 0 Å².